The lowest BCUT2D eigenvalue weighted by Gasteiger charge is -2.42. The second-order valence-corrected chi connectivity index (χ2v) is 7.03. The van der Waals surface area contributed by atoms with E-state index >= 15 is 0 Å². The minimum atomic E-state index is -2.76. The van der Waals surface area contributed by atoms with Crippen molar-refractivity contribution in [3.63, 3.8) is 0 Å². The summed E-state index contributed by atoms with van der Waals surface area (Å²) in [6.45, 7) is 1.61. The fraction of sp³-hybridized carbons (Fsp3) is 0.600. The van der Waals surface area contributed by atoms with Crippen molar-refractivity contribution in [2.45, 2.75) is 57.2 Å². The molecule has 4 unspecified atom stereocenters. The van der Waals surface area contributed by atoms with Gasteiger partial charge in [-0.05, 0) is 74.0 Å². The van der Waals surface area contributed by atoms with Gasteiger partial charge in [-0.1, -0.05) is 18.2 Å². The molecule has 2 nitrogen and oxygen atoms in total. The molecule has 2 fully saturated rings. The zero-order chi connectivity index (χ0) is 16.9. The maximum Gasteiger partial charge on any atom is 0.387 e. The first-order chi connectivity index (χ1) is 11.7. The molecule has 0 bridgehead atoms. The molecule has 1 aromatic carbocycles. The third kappa shape index (κ3) is 4.35. The first kappa shape index (κ1) is 17.4. The quantitative estimate of drug-likeness (QED) is 0.635. The van der Waals surface area contributed by atoms with E-state index < -0.39 is 6.61 Å². The molecule has 0 aliphatic heterocycles. The predicted molar refractivity (Wildman–Crippen MR) is 90.4 cm³/mol. The molecule has 0 amide bonds. The summed E-state index contributed by atoms with van der Waals surface area (Å²) in [4.78, 5) is 0. The van der Waals surface area contributed by atoms with Gasteiger partial charge in [0.15, 0.2) is 0 Å². The minimum Gasteiger partial charge on any atom is -0.435 e. The molecule has 2 aliphatic carbocycles. The fourth-order valence-corrected chi connectivity index (χ4v) is 4.43. The van der Waals surface area contributed by atoms with Crippen molar-refractivity contribution in [3.05, 3.63) is 42.5 Å². The van der Waals surface area contributed by atoms with Crippen LogP contribution in [0.3, 0.4) is 0 Å². The van der Waals surface area contributed by atoms with Gasteiger partial charge >= 0.3 is 6.61 Å². The lowest BCUT2D eigenvalue weighted by Crippen LogP contribution is -2.33. The standard InChI is InChI=1S/C20H26F2O2/c1-2-11-23-19-10-7-16-12-15(3-4-17(16)13-19)14-5-8-18(9-6-14)24-20(21)22/h2,5-6,8-9,15-17,19-20H,1,3-4,7,10-13H2. The molecule has 0 radical (unpaired) electrons. The van der Waals surface area contributed by atoms with Crippen molar-refractivity contribution < 1.29 is 18.3 Å². The first-order valence-electron chi connectivity index (χ1n) is 8.93. The van der Waals surface area contributed by atoms with Crippen molar-refractivity contribution in [2.24, 2.45) is 11.8 Å². The molecule has 0 aromatic heterocycles. The molecule has 0 saturated heterocycles. The third-order valence-electron chi connectivity index (χ3n) is 5.59. The minimum absolute atomic E-state index is 0.238. The van der Waals surface area contributed by atoms with Gasteiger partial charge < -0.3 is 9.47 Å². The van der Waals surface area contributed by atoms with Crippen molar-refractivity contribution >= 4 is 0 Å². The molecule has 132 valence electrons. The van der Waals surface area contributed by atoms with Crippen LogP contribution in [0, 0.1) is 11.8 Å². The Morgan fingerprint density at radius 3 is 2.46 bits per heavy atom. The smallest absolute Gasteiger partial charge is 0.387 e. The van der Waals surface area contributed by atoms with E-state index in [0.717, 1.165) is 18.3 Å². The molecule has 4 heteroatoms. The van der Waals surface area contributed by atoms with E-state index in [1.165, 1.54) is 37.7 Å². The second kappa shape index (κ2) is 8.11. The molecule has 2 aliphatic rings. The zero-order valence-electron chi connectivity index (χ0n) is 14.0. The number of rotatable bonds is 6. The number of fused-ring (bicyclic) bond motifs is 1. The maximum absolute atomic E-state index is 12.2. The molecule has 24 heavy (non-hydrogen) atoms. The van der Waals surface area contributed by atoms with Gasteiger partial charge in [-0.15, -0.1) is 6.58 Å². The van der Waals surface area contributed by atoms with Crippen molar-refractivity contribution in [1.29, 1.82) is 0 Å². The Labute approximate surface area is 142 Å². The summed E-state index contributed by atoms with van der Waals surface area (Å²) in [5, 5.41) is 0. The number of benzene rings is 1. The van der Waals surface area contributed by atoms with Gasteiger partial charge in [-0.3, -0.25) is 0 Å². The summed E-state index contributed by atoms with van der Waals surface area (Å²) in [6.07, 6.45) is 9.37. The van der Waals surface area contributed by atoms with Gasteiger partial charge in [0.05, 0.1) is 12.7 Å². The Bertz CT molecular complexity index is 529. The van der Waals surface area contributed by atoms with E-state index in [-0.39, 0.29) is 5.75 Å². The molecule has 0 spiro atoms. The van der Waals surface area contributed by atoms with Crippen LogP contribution in [0.5, 0.6) is 5.75 Å². The first-order valence-corrected chi connectivity index (χ1v) is 8.93. The van der Waals surface area contributed by atoms with Gasteiger partial charge in [0.1, 0.15) is 5.75 Å². The third-order valence-corrected chi connectivity index (χ3v) is 5.59. The van der Waals surface area contributed by atoms with E-state index in [4.69, 9.17) is 4.74 Å². The van der Waals surface area contributed by atoms with Crippen LogP contribution in [0.4, 0.5) is 8.78 Å². The molecular formula is C20H26F2O2. The number of hydrogen-bond donors (Lipinski definition) is 0. The average Bonchev–Trinajstić information content (AvgIpc) is 2.59. The lowest BCUT2D eigenvalue weighted by molar-refractivity contribution is -0.0498. The number of alkyl halides is 2. The lowest BCUT2D eigenvalue weighted by atomic mass is 9.65. The van der Waals surface area contributed by atoms with E-state index in [2.05, 4.69) is 11.3 Å². The summed E-state index contributed by atoms with van der Waals surface area (Å²) in [5.74, 6) is 2.32. The molecular weight excluding hydrogens is 310 g/mol. The monoisotopic (exact) mass is 336 g/mol. The van der Waals surface area contributed by atoms with E-state index in [1.807, 2.05) is 18.2 Å². The van der Waals surface area contributed by atoms with Crippen molar-refractivity contribution in [3.8, 4) is 5.75 Å². The largest absolute Gasteiger partial charge is 0.435 e. The highest BCUT2D eigenvalue weighted by molar-refractivity contribution is 5.30. The van der Waals surface area contributed by atoms with Crippen LogP contribution >= 0.6 is 0 Å². The molecule has 1 aromatic rings. The highest BCUT2D eigenvalue weighted by Crippen LogP contribution is 2.46. The molecule has 0 heterocycles. The summed E-state index contributed by atoms with van der Waals surface area (Å²) in [6, 6.07) is 7.21. The Kier molecular flexibility index (Phi) is 5.88. The molecule has 2 saturated carbocycles. The number of halogens is 2. The second-order valence-electron chi connectivity index (χ2n) is 7.03. The van der Waals surface area contributed by atoms with Crippen LogP contribution < -0.4 is 4.74 Å². The highest BCUT2D eigenvalue weighted by Gasteiger charge is 2.36. The van der Waals surface area contributed by atoms with Crippen LogP contribution in [-0.4, -0.2) is 19.3 Å². The fourth-order valence-electron chi connectivity index (χ4n) is 4.43. The zero-order valence-corrected chi connectivity index (χ0v) is 14.0. The molecule has 0 N–H and O–H groups in total. The van der Waals surface area contributed by atoms with Gasteiger partial charge in [0.25, 0.3) is 0 Å². The topological polar surface area (TPSA) is 18.5 Å². The Balaban J connectivity index is 1.55. The number of hydrogen-bond acceptors (Lipinski definition) is 2. The van der Waals surface area contributed by atoms with Gasteiger partial charge in [0, 0.05) is 0 Å². The Hall–Kier alpha value is -1.42. The van der Waals surface area contributed by atoms with Crippen LogP contribution in [0.1, 0.15) is 50.0 Å². The number of ether oxygens (including phenoxy) is 2. The normalized spacial score (nSPS) is 30.0. The summed E-state index contributed by atoms with van der Waals surface area (Å²) >= 11 is 0. The van der Waals surface area contributed by atoms with E-state index in [0.29, 0.717) is 18.6 Å². The van der Waals surface area contributed by atoms with Gasteiger partial charge in [-0.25, -0.2) is 0 Å². The van der Waals surface area contributed by atoms with Crippen LogP contribution in [0.25, 0.3) is 0 Å². The maximum atomic E-state index is 12.2. The average molecular weight is 336 g/mol. The van der Waals surface area contributed by atoms with Crippen LogP contribution in [0.2, 0.25) is 0 Å². The molecule has 4 atom stereocenters. The molecule has 3 rings (SSSR count). The summed E-state index contributed by atoms with van der Waals surface area (Å²) < 4.78 is 34.7. The highest BCUT2D eigenvalue weighted by atomic mass is 19.3. The van der Waals surface area contributed by atoms with Crippen molar-refractivity contribution in [2.75, 3.05) is 6.61 Å². The summed E-state index contributed by atoms with van der Waals surface area (Å²) in [5.41, 5.74) is 1.25. The Morgan fingerprint density at radius 2 is 1.75 bits per heavy atom. The predicted octanol–water partition coefficient (Wildman–Crippen LogP) is 5.54. The van der Waals surface area contributed by atoms with Crippen LogP contribution in [0.15, 0.2) is 36.9 Å². The van der Waals surface area contributed by atoms with E-state index in [1.54, 1.807) is 12.1 Å². The van der Waals surface area contributed by atoms with E-state index in [9.17, 15) is 8.78 Å². The Morgan fingerprint density at radius 1 is 1.04 bits per heavy atom. The SMILES string of the molecule is C=CCOC1CCC2CC(c3ccc(OC(F)F)cc3)CCC2C1. The summed E-state index contributed by atoms with van der Waals surface area (Å²) in [7, 11) is 0. The van der Waals surface area contributed by atoms with Gasteiger partial charge in [-0.2, -0.15) is 8.78 Å². The van der Waals surface area contributed by atoms with Crippen molar-refractivity contribution in [1.82, 2.24) is 0 Å². The van der Waals surface area contributed by atoms with Crippen LogP contribution in [-0.2, 0) is 4.74 Å². The van der Waals surface area contributed by atoms with Gasteiger partial charge in [0.2, 0.25) is 0 Å².